The molecule has 96 valence electrons. The lowest BCUT2D eigenvalue weighted by Gasteiger charge is -2.17. The van der Waals surface area contributed by atoms with Crippen LogP contribution in [-0.2, 0) is 9.59 Å². The lowest BCUT2D eigenvalue weighted by Crippen LogP contribution is -2.39. The minimum Gasteiger partial charge on any atom is -0.305 e. The van der Waals surface area contributed by atoms with Crippen LogP contribution < -0.4 is 5.32 Å². The third kappa shape index (κ3) is 3.06. The largest absolute Gasteiger partial charge is 0.305 e. The molecule has 1 heterocycles. The predicted molar refractivity (Wildman–Crippen MR) is 65.4 cm³/mol. The van der Waals surface area contributed by atoms with Gasteiger partial charge in [0.1, 0.15) is 0 Å². The molecule has 2 amide bonds. The second-order valence-electron chi connectivity index (χ2n) is 5.31. The number of carbonyl (C=O) groups excluding carboxylic acids is 2. The molecular formula is C13H22N2O2. The number of likely N-dealkylation sites (tertiary alicyclic amines) is 1. The molecule has 4 heteroatoms. The third-order valence-electron chi connectivity index (χ3n) is 4.01. The fourth-order valence-electron chi connectivity index (χ4n) is 2.79. The van der Waals surface area contributed by atoms with E-state index in [0.29, 0.717) is 12.3 Å². The highest BCUT2D eigenvalue weighted by molar-refractivity contribution is 6.05. The van der Waals surface area contributed by atoms with Crippen molar-refractivity contribution in [3.05, 3.63) is 0 Å². The SMILES string of the molecule is CN1C(=O)CC(NCC2CCCCCC2)C1=O. The highest BCUT2D eigenvalue weighted by atomic mass is 16.2. The highest BCUT2D eigenvalue weighted by Gasteiger charge is 2.35. The Morgan fingerprint density at radius 2 is 1.82 bits per heavy atom. The number of carbonyl (C=O) groups is 2. The Morgan fingerprint density at radius 1 is 1.18 bits per heavy atom. The monoisotopic (exact) mass is 238 g/mol. The van der Waals surface area contributed by atoms with E-state index in [9.17, 15) is 9.59 Å². The van der Waals surface area contributed by atoms with Gasteiger partial charge in [-0.3, -0.25) is 14.5 Å². The van der Waals surface area contributed by atoms with E-state index in [4.69, 9.17) is 0 Å². The minimum absolute atomic E-state index is 0.0617. The average molecular weight is 238 g/mol. The zero-order valence-electron chi connectivity index (χ0n) is 10.6. The van der Waals surface area contributed by atoms with Crippen molar-refractivity contribution in [3.8, 4) is 0 Å². The Labute approximate surface area is 103 Å². The molecule has 2 rings (SSSR count). The molecule has 0 aromatic heterocycles. The van der Waals surface area contributed by atoms with E-state index in [-0.39, 0.29) is 17.9 Å². The smallest absolute Gasteiger partial charge is 0.246 e. The van der Waals surface area contributed by atoms with Crippen molar-refractivity contribution in [3.63, 3.8) is 0 Å². The second-order valence-corrected chi connectivity index (χ2v) is 5.31. The van der Waals surface area contributed by atoms with Crippen LogP contribution in [0, 0.1) is 5.92 Å². The van der Waals surface area contributed by atoms with E-state index in [1.165, 1.54) is 43.4 Å². The number of rotatable bonds is 3. The molecule has 0 radical (unpaired) electrons. The summed E-state index contributed by atoms with van der Waals surface area (Å²) in [4.78, 5) is 24.3. The van der Waals surface area contributed by atoms with Gasteiger partial charge < -0.3 is 5.32 Å². The van der Waals surface area contributed by atoms with Gasteiger partial charge in [0.15, 0.2) is 0 Å². The van der Waals surface area contributed by atoms with Crippen LogP contribution in [0.5, 0.6) is 0 Å². The van der Waals surface area contributed by atoms with Crippen molar-refractivity contribution in [2.75, 3.05) is 13.6 Å². The summed E-state index contributed by atoms with van der Waals surface area (Å²) in [6.07, 6.45) is 8.17. The van der Waals surface area contributed by atoms with Gasteiger partial charge in [-0.05, 0) is 25.3 Å². The topological polar surface area (TPSA) is 49.4 Å². The van der Waals surface area contributed by atoms with E-state index in [1.807, 2.05) is 0 Å². The van der Waals surface area contributed by atoms with Crippen molar-refractivity contribution in [2.24, 2.45) is 5.92 Å². The van der Waals surface area contributed by atoms with Crippen molar-refractivity contribution in [1.29, 1.82) is 0 Å². The normalized spacial score (nSPS) is 27.6. The lowest BCUT2D eigenvalue weighted by atomic mass is 10.00. The van der Waals surface area contributed by atoms with Crippen LogP contribution in [0.4, 0.5) is 0 Å². The molecule has 17 heavy (non-hydrogen) atoms. The average Bonchev–Trinajstić information content (AvgIpc) is 2.56. The van der Waals surface area contributed by atoms with Crippen molar-refractivity contribution in [2.45, 2.75) is 51.0 Å². The molecule has 2 fully saturated rings. The van der Waals surface area contributed by atoms with E-state index < -0.39 is 0 Å². The summed E-state index contributed by atoms with van der Waals surface area (Å²) in [5, 5.41) is 3.28. The van der Waals surface area contributed by atoms with Gasteiger partial charge >= 0.3 is 0 Å². The van der Waals surface area contributed by atoms with Crippen LogP contribution in [0.25, 0.3) is 0 Å². The molecule has 1 saturated heterocycles. The summed E-state index contributed by atoms with van der Waals surface area (Å²) in [5.74, 6) is 0.559. The molecular weight excluding hydrogens is 216 g/mol. The van der Waals surface area contributed by atoms with E-state index in [0.717, 1.165) is 6.54 Å². The van der Waals surface area contributed by atoms with Crippen LogP contribution in [-0.4, -0.2) is 36.3 Å². The maximum absolute atomic E-state index is 11.7. The van der Waals surface area contributed by atoms with Gasteiger partial charge in [-0.15, -0.1) is 0 Å². The number of hydrogen-bond acceptors (Lipinski definition) is 3. The summed E-state index contributed by atoms with van der Waals surface area (Å²) < 4.78 is 0. The quantitative estimate of drug-likeness (QED) is 0.595. The van der Waals surface area contributed by atoms with Gasteiger partial charge in [0.05, 0.1) is 12.5 Å². The Hall–Kier alpha value is -0.900. The number of likely N-dealkylation sites (N-methyl/N-ethyl adjacent to an activating group) is 1. The van der Waals surface area contributed by atoms with E-state index >= 15 is 0 Å². The van der Waals surface area contributed by atoms with Gasteiger partial charge in [-0.2, -0.15) is 0 Å². The number of hydrogen-bond donors (Lipinski definition) is 1. The molecule has 1 unspecified atom stereocenters. The molecule has 1 saturated carbocycles. The number of nitrogens with one attached hydrogen (secondary N) is 1. The summed E-state index contributed by atoms with van der Waals surface area (Å²) in [6, 6.07) is -0.268. The Bertz CT molecular complexity index is 296. The highest BCUT2D eigenvalue weighted by Crippen LogP contribution is 2.22. The molecule has 0 bridgehead atoms. The molecule has 4 nitrogen and oxygen atoms in total. The summed E-state index contributed by atoms with van der Waals surface area (Å²) in [7, 11) is 1.57. The third-order valence-corrected chi connectivity index (χ3v) is 4.01. The van der Waals surface area contributed by atoms with Crippen LogP contribution in [0.3, 0.4) is 0 Å². The summed E-state index contributed by atoms with van der Waals surface area (Å²) in [6.45, 7) is 0.886. The van der Waals surface area contributed by atoms with Crippen LogP contribution >= 0.6 is 0 Å². The van der Waals surface area contributed by atoms with E-state index in [2.05, 4.69) is 5.32 Å². The van der Waals surface area contributed by atoms with Gasteiger partial charge in [-0.1, -0.05) is 25.7 Å². The maximum Gasteiger partial charge on any atom is 0.246 e. The number of nitrogens with zero attached hydrogens (tertiary/aromatic N) is 1. The maximum atomic E-state index is 11.7. The number of amides is 2. The van der Waals surface area contributed by atoms with Crippen LogP contribution in [0.1, 0.15) is 44.9 Å². The van der Waals surface area contributed by atoms with Crippen LogP contribution in [0.15, 0.2) is 0 Å². The molecule has 0 aromatic carbocycles. The van der Waals surface area contributed by atoms with Gasteiger partial charge in [0.2, 0.25) is 11.8 Å². The summed E-state index contributed by atoms with van der Waals surface area (Å²) in [5.41, 5.74) is 0. The minimum atomic E-state index is -0.268. The molecule has 1 aliphatic carbocycles. The fraction of sp³-hybridized carbons (Fsp3) is 0.846. The molecule has 2 aliphatic rings. The van der Waals surface area contributed by atoms with Gasteiger partial charge in [-0.25, -0.2) is 0 Å². The Morgan fingerprint density at radius 3 is 2.35 bits per heavy atom. The first kappa shape index (κ1) is 12.6. The Balaban J connectivity index is 1.78. The molecule has 1 N–H and O–H groups in total. The first-order chi connectivity index (χ1) is 8.18. The van der Waals surface area contributed by atoms with Crippen molar-refractivity contribution in [1.82, 2.24) is 10.2 Å². The second kappa shape index (κ2) is 5.63. The van der Waals surface area contributed by atoms with Crippen LogP contribution in [0.2, 0.25) is 0 Å². The first-order valence-corrected chi connectivity index (χ1v) is 6.72. The molecule has 0 aromatic rings. The molecule has 0 spiro atoms. The first-order valence-electron chi connectivity index (χ1n) is 6.72. The molecule has 1 aliphatic heterocycles. The fourth-order valence-corrected chi connectivity index (χ4v) is 2.79. The van der Waals surface area contributed by atoms with E-state index in [1.54, 1.807) is 7.05 Å². The lowest BCUT2D eigenvalue weighted by molar-refractivity contribution is -0.137. The number of imide groups is 1. The molecule has 1 atom stereocenters. The standard InChI is InChI=1S/C13H22N2O2/c1-15-12(16)8-11(13(15)17)14-9-10-6-4-2-3-5-7-10/h10-11,14H,2-9H2,1H3. The summed E-state index contributed by atoms with van der Waals surface area (Å²) >= 11 is 0. The zero-order valence-corrected chi connectivity index (χ0v) is 10.6. The van der Waals surface area contributed by atoms with Crippen molar-refractivity contribution < 1.29 is 9.59 Å². The Kier molecular flexibility index (Phi) is 4.15. The zero-order chi connectivity index (χ0) is 12.3. The van der Waals surface area contributed by atoms with Gasteiger partial charge in [0.25, 0.3) is 0 Å². The van der Waals surface area contributed by atoms with Crippen molar-refractivity contribution >= 4 is 11.8 Å². The van der Waals surface area contributed by atoms with Gasteiger partial charge in [0, 0.05) is 7.05 Å². The predicted octanol–water partition coefficient (Wildman–Crippen LogP) is 1.30.